The first-order valence-electron chi connectivity index (χ1n) is 6.04. The van der Waals surface area contributed by atoms with Crippen molar-refractivity contribution in [2.24, 2.45) is 0 Å². The summed E-state index contributed by atoms with van der Waals surface area (Å²) in [6.45, 7) is 2.90. The molecular formula is C14H14BrClFNS. The topological polar surface area (TPSA) is 12.0 Å². The number of benzene rings is 1. The van der Waals surface area contributed by atoms with E-state index >= 15 is 0 Å². The van der Waals surface area contributed by atoms with Gasteiger partial charge in [-0.15, -0.1) is 11.3 Å². The molecule has 1 nitrogen and oxygen atoms in total. The largest absolute Gasteiger partial charge is 0.305 e. The highest BCUT2D eigenvalue weighted by atomic mass is 79.9. The summed E-state index contributed by atoms with van der Waals surface area (Å²) in [5.74, 6) is -0.229. The Bertz CT molecular complexity index is 558. The summed E-state index contributed by atoms with van der Waals surface area (Å²) in [5.41, 5.74) is 0.626. The first-order valence-corrected chi connectivity index (χ1v) is 8.09. The summed E-state index contributed by atoms with van der Waals surface area (Å²) in [6.07, 6.45) is 0.984. The van der Waals surface area contributed by atoms with Crippen molar-refractivity contribution in [3.05, 3.63) is 55.4 Å². The maximum atomic E-state index is 14.1. The second-order valence-electron chi connectivity index (χ2n) is 4.19. The molecule has 0 spiro atoms. The smallest absolute Gasteiger partial charge is 0.129 e. The molecule has 102 valence electrons. The number of hydrogen-bond donors (Lipinski definition) is 1. The van der Waals surface area contributed by atoms with E-state index in [1.54, 1.807) is 17.4 Å². The maximum absolute atomic E-state index is 14.1. The van der Waals surface area contributed by atoms with Crippen LogP contribution in [0, 0.1) is 5.82 Å². The molecule has 0 aliphatic heterocycles. The minimum Gasteiger partial charge on any atom is -0.305 e. The molecule has 0 aliphatic carbocycles. The molecule has 1 unspecified atom stereocenters. The van der Waals surface area contributed by atoms with Crippen molar-refractivity contribution in [3.63, 3.8) is 0 Å². The highest BCUT2D eigenvalue weighted by Gasteiger charge is 2.21. The predicted molar refractivity (Wildman–Crippen MR) is 83.6 cm³/mol. The second kappa shape index (κ2) is 6.84. The quantitative estimate of drug-likeness (QED) is 0.751. The third kappa shape index (κ3) is 3.57. The monoisotopic (exact) mass is 361 g/mol. The molecule has 0 amide bonds. The average Bonchev–Trinajstić information content (AvgIpc) is 2.78. The van der Waals surface area contributed by atoms with E-state index < -0.39 is 0 Å². The van der Waals surface area contributed by atoms with Crippen LogP contribution >= 0.6 is 38.9 Å². The Morgan fingerprint density at radius 1 is 1.42 bits per heavy atom. The first kappa shape index (κ1) is 15.0. The number of rotatable bonds is 5. The van der Waals surface area contributed by atoms with Gasteiger partial charge in [-0.25, -0.2) is 4.39 Å². The molecule has 1 aromatic carbocycles. The third-order valence-corrected chi connectivity index (χ3v) is 4.70. The van der Waals surface area contributed by atoms with Crippen LogP contribution in [0.5, 0.6) is 0 Å². The Hall–Kier alpha value is -0.420. The van der Waals surface area contributed by atoms with Crippen molar-refractivity contribution >= 4 is 38.9 Å². The normalized spacial score (nSPS) is 12.6. The molecule has 0 saturated heterocycles. The number of nitrogens with one attached hydrogen (secondary N) is 1. The van der Waals surface area contributed by atoms with Crippen LogP contribution in [-0.2, 0) is 0 Å². The zero-order valence-electron chi connectivity index (χ0n) is 10.4. The van der Waals surface area contributed by atoms with Gasteiger partial charge in [0.2, 0.25) is 0 Å². The van der Waals surface area contributed by atoms with Crippen LogP contribution in [-0.4, -0.2) is 6.54 Å². The highest BCUT2D eigenvalue weighted by molar-refractivity contribution is 9.10. The minimum atomic E-state index is -0.229. The lowest BCUT2D eigenvalue weighted by Crippen LogP contribution is -2.23. The molecule has 19 heavy (non-hydrogen) atoms. The van der Waals surface area contributed by atoms with E-state index in [9.17, 15) is 4.39 Å². The van der Waals surface area contributed by atoms with Crippen LogP contribution in [0.25, 0.3) is 0 Å². The van der Waals surface area contributed by atoms with Gasteiger partial charge in [0.25, 0.3) is 0 Å². The second-order valence-corrected chi connectivity index (χ2v) is 6.46. The van der Waals surface area contributed by atoms with Crippen molar-refractivity contribution < 1.29 is 4.39 Å². The molecule has 0 saturated carbocycles. The molecule has 1 aromatic heterocycles. The van der Waals surface area contributed by atoms with Crippen molar-refractivity contribution in [2.75, 3.05) is 6.54 Å². The van der Waals surface area contributed by atoms with E-state index in [1.807, 2.05) is 17.5 Å². The molecule has 0 fully saturated rings. The molecule has 0 radical (unpaired) electrons. The van der Waals surface area contributed by atoms with Gasteiger partial charge in [0.05, 0.1) is 11.1 Å². The van der Waals surface area contributed by atoms with Gasteiger partial charge in [0.1, 0.15) is 5.82 Å². The Morgan fingerprint density at radius 3 is 2.79 bits per heavy atom. The van der Waals surface area contributed by atoms with E-state index in [0.29, 0.717) is 10.6 Å². The van der Waals surface area contributed by atoms with Gasteiger partial charge in [-0.1, -0.05) is 40.5 Å². The van der Waals surface area contributed by atoms with E-state index in [4.69, 9.17) is 11.6 Å². The van der Waals surface area contributed by atoms with Gasteiger partial charge in [0.15, 0.2) is 0 Å². The molecule has 0 aliphatic rings. The SMILES string of the molecule is CCCNC(c1ccc(Br)cc1F)c1sccc1Cl. The van der Waals surface area contributed by atoms with Crippen LogP contribution in [0.1, 0.15) is 29.8 Å². The van der Waals surface area contributed by atoms with Gasteiger partial charge in [-0.2, -0.15) is 0 Å². The van der Waals surface area contributed by atoms with Crippen LogP contribution in [0.15, 0.2) is 34.1 Å². The van der Waals surface area contributed by atoms with Crippen molar-refractivity contribution in [3.8, 4) is 0 Å². The van der Waals surface area contributed by atoms with Crippen LogP contribution in [0.2, 0.25) is 5.02 Å². The number of hydrogen-bond acceptors (Lipinski definition) is 2. The molecule has 1 atom stereocenters. The molecule has 2 aromatic rings. The predicted octanol–water partition coefficient (Wildman–Crippen LogP) is 5.39. The molecule has 0 bridgehead atoms. The molecule has 5 heteroatoms. The summed E-state index contributed by atoms with van der Waals surface area (Å²) in [4.78, 5) is 0.955. The van der Waals surface area contributed by atoms with E-state index in [1.165, 1.54) is 6.07 Å². The number of halogens is 3. The van der Waals surface area contributed by atoms with Gasteiger partial charge in [-0.3, -0.25) is 0 Å². The van der Waals surface area contributed by atoms with Crippen LogP contribution in [0.4, 0.5) is 4.39 Å². The zero-order valence-corrected chi connectivity index (χ0v) is 13.6. The average molecular weight is 363 g/mol. The summed E-state index contributed by atoms with van der Waals surface area (Å²) >= 11 is 11.0. The van der Waals surface area contributed by atoms with Gasteiger partial charge < -0.3 is 5.32 Å². The van der Waals surface area contributed by atoms with Crippen LogP contribution in [0.3, 0.4) is 0 Å². The summed E-state index contributed by atoms with van der Waals surface area (Å²) in [5, 5.41) is 5.97. The van der Waals surface area contributed by atoms with E-state index in [-0.39, 0.29) is 11.9 Å². The summed E-state index contributed by atoms with van der Waals surface area (Å²) in [6, 6.07) is 6.78. The Kier molecular flexibility index (Phi) is 5.39. The fourth-order valence-corrected chi connectivity index (χ4v) is 3.47. The first-order chi connectivity index (χ1) is 9.13. The van der Waals surface area contributed by atoms with Gasteiger partial charge in [-0.05, 0) is 36.5 Å². The summed E-state index contributed by atoms with van der Waals surface area (Å²) in [7, 11) is 0. The minimum absolute atomic E-state index is 0.194. The standard InChI is InChI=1S/C14H14BrClFNS/c1-2-6-18-13(14-11(16)5-7-19-14)10-4-3-9(15)8-12(10)17/h3-5,7-8,13,18H,2,6H2,1H3. The lowest BCUT2D eigenvalue weighted by molar-refractivity contribution is 0.550. The van der Waals surface area contributed by atoms with Gasteiger partial charge in [0, 0.05) is 14.9 Å². The van der Waals surface area contributed by atoms with Gasteiger partial charge >= 0.3 is 0 Å². The molecule has 2 rings (SSSR count). The summed E-state index contributed by atoms with van der Waals surface area (Å²) < 4.78 is 14.9. The molecular weight excluding hydrogens is 349 g/mol. The Morgan fingerprint density at radius 2 is 2.21 bits per heavy atom. The van der Waals surface area contributed by atoms with Crippen molar-refractivity contribution in [1.29, 1.82) is 0 Å². The highest BCUT2D eigenvalue weighted by Crippen LogP contribution is 2.34. The maximum Gasteiger partial charge on any atom is 0.129 e. The zero-order chi connectivity index (χ0) is 13.8. The van der Waals surface area contributed by atoms with Crippen molar-refractivity contribution in [2.45, 2.75) is 19.4 Å². The fourth-order valence-electron chi connectivity index (χ4n) is 1.88. The Balaban J connectivity index is 2.40. The fraction of sp³-hybridized carbons (Fsp3) is 0.286. The van der Waals surface area contributed by atoms with Crippen LogP contribution < -0.4 is 5.32 Å². The van der Waals surface area contributed by atoms with E-state index in [0.717, 1.165) is 22.3 Å². The lowest BCUT2D eigenvalue weighted by atomic mass is 10.0. The molecule has 1 N–H and O–H groups in total. The third-order valence-electron chi connectivity index (χ3n) is 2.78. The van der Waals surface area contributed by atoms with Crippen molar-refractivity contribution in [1.82, 2.24) is 5.32 Å². The Labute approximate surface area is 129 Å². The number of thiophene rings is 1. The molecule has 1 heterocycles. The lowest BCUT2D eigenvalue weighted by Gasteiger charge is -2.19. The van der Waals surface area contributed by atoms with E-state index in [2.05, 4.69) is 28.2 Å².